The van der Waals surface area contributed by atoms with Crippen molar-refractivity contribution in [3.8, 4) is 11.1 Å². The molecule has 2 atom stereocenters. The summed E-state index contributed by atoms with van der Waals surface area (Å²) in [6, 6.07) is 17.1. The van der Waals surface area contributed by atoms with Gasteiger partial charge in [-0.25, -0.2) is 4.79 Å². The fraction of sp³-hybridized carbons (Fsp3) is 0.385. The second-order valence-electron chi connectivity index (χ2n) is 8.78. The van der Waals surface area contributed by atoms with E-state index in [2.05, 4.69) is 10.2 Å². The van der Waals surface area contributed by atoms with Gasteiger partial charge in [0.15, 0.2) is 0 Å². The van der Waals surface area contributed by atoms with Gasteiger partial charge in [0, 0.05) is 23.5 Å². The van der Waals surface area contributed by atoms with Crippen LogP contribution in [0.15, 0.2) is 63.8 Å². The molecule has 0 radical (unpaired) electrons. The van der Waals surface area contributed by atoms with Gasteiger partial charge in [-0.3, -0.25) is 4.79 Å². The molecule has 2 saturated heterocycles. The quantitative estimate of drug-likeness (QED) is 0.638. The molecule has 5 heteroatoms. The average Bonchev–Trinajstić information content (AvgIpc) is 2.82. The number of piperidine rings is 2. The lowest BCUT2D eigenvalue weighted by Crippen LogP contribution is -2.51. The van der Waals surface area contributed by atoms with Gasteiger partial charge < -0.3 is 14.6 Å². The summed E-state index contributed by atoms with van der Waals surface area (Å²) in [7, 11) is 0. The number of nitrogens with one attached hydrogen (secondary N) is 1. The molecule has 2 unspecified atom stereocenters. The Labute approximate surface area is 182 Å². The second kappa shape index (κ2) is 8.67. The number of hydrogen-bond acceptors (Lipinski definition) is 4. The molecule has 3 heterocycles. The molecule has 31 heavy (non-hydrogen) atoms. The van der Waals surface area contributed by atoms with Crippen LogP contribution in [0.25, 0.3) is 22.1 Å². The Bertz CT molecular complexity index is 1150. The fourth-order valence-corrected chi connectivity index (χ4v) is 5.23. The summed E-state index contributed by atoms with van der Waals surface area (Å²) in [6.45, 7) is 3.11. The highest BCUT2D eigenvalue weighted by Gasteiger charge is 2.32. The van der Waals surface area contributed by atoms with Crippen molar-refractivity contribution in [2.45, 2.75) is 38.1 Å². The molecule has 0 aliphatic carbocycles. The van der Waals surface area contributed by atoms with Crippen LogP contribution >= 0.6 is 0 Å². The number of carbonyl (C=O) groups is 1. The summed E-state index contributed by atoms with van der Waals surface area (Å²) in [5.74, 6) is 0.439. The van der Waals surface area contributed by atoms with E-state index in [0.29, 0.717) is 40.8 Å². The summed E-state index contributed by atoms with van der Waals surface area (Å²) in [5, 5.41) is 4.02. The summed E-state index contributed by atoms with van der Waals surface area (Å²) in [6.07, 6.45) is 6.23. The third kappa shape index (κ3) is 4.15. The Morgan fingerprint density at radius 2 is 1.87 bits per heavy atom. The maximum Gasteiger partial charge on any atom is 0.344 e. The molecule has 5 nitrogen and oxygen atoms in total. The summed E-state index contributed by atoms with van der Waals surface area (Å²) < 4.78 is 5.46. The molecule has 0 spiro atoms. The van der Waals surface area contributed by atoms with Crippen molar-refractivity contribution in [2.24, 2.45) is 5.92 Å². The van der Waals surface area contributed by atoms with E-state index in [9.17, 15) is 9.59 Å². The Hall–Kier alpha value is -2.92. The van der Waals surface area contributed by atoms with Gasteiger partial charge in [0.2, 0.25) is 0 Å². The van der Waals surface area contributed by atoms with E-state index in [4.69, 9.17) is 4.42 Å². The van der Waals surface area contributed by atoms with Crippen LogP contribution in [0.4, 0.5) is 0 Å². The van der Waals surface area contributed by atoms with E-state index in [-0.39, 0.29) is 5.91 Å². The predicted molar refractivity (Wildman–Crippen MR) is 122 cm³/mol. The van der Waals surface area contributed by atoms with E-state index in [1.54, 1.807) is 18.2 Å². The van der Waals surface area contributed by atoms with E-state index in [1.165, 1.54) is 45.2 Å². The SMILES string of the molecule is O=C(NCC1CCCN2CCCCC12)c1cccc(-c2cc3ccccc3oc2=O)c1. The smallest absolute Gasteiger partial charge is 0.344 e. The molecule has 1 N–H and O–H groups in total. The monoisotopic (exact) mass is 416 g/mol. The van der Waals surface area contributed by atoms with Crippen LogP contribution in [0.5, 0.6) is 0 Å². The fourth-order valence-electron chi connectivity index (χ4n) is 5.23. The Morgan fingerprint density at radius 3 is 2.81 bits per heavy atom. The number of fused-ring (bicyclic) bond motifs is 2. The molecule has 0 bridgehead atoms. The van der Waals surface area contributed by atoms with E-state index in [0.717, 1.165) is 5.39 Å². The maximum absolute atomic E-state index is 12.9. The molecular weight excluding hydrogens is 388 g/mol. The molecule has 0 saturated carbocycles. The van der Waals surface area contributed by atoms with E-state index in [1.807, 2.05) is 36.4 Å². The van der Waals surface area contributed by atoms with Crippen molar-refractivity contribution in [3.05, 3.63) is 70.6 Å². The van der Waals surface area contributed by atoms with Crippen LogP contribution in [0.2, 0.25) is 0 Å². The zero-order valence-corrected chi connectivity index (χ0v) is 17.7. The van der Waals surface area contributed by atoms with Crippen LogP contribution in [0.3, 0.4) is 0 Å². The first-order valence-corrected chi connectivity index (χ1v) is 11.3. The Kier molecular flexibility index (Phi) is 5.60. The maximum atomic E-state index is 12.9. The first-order chi connectivity index (χ1) is 15.2. The van der Waals surface area contributed by atoms with Crippen LogP contribution in [-0.2, 0) is 0 Å². The summed E-state index contributed by atoms with van der Waals surface area (Å²) in [4.78, 5) is 28.0. The lowest BCUT2D eigenvalue weighted by Gasteiger charge is -2.44. The zero-order chi connectivity index (χ0) is 21.2. The van der Waals surface area contributed by atoms with Crippen LogP contribution in [0.1, 0.15) is 42.5 Å². The summed E-state index contributed by atoms with van der Waals surface area (Å²) in [5.41, 5.74) is 1.91. The first kappa shape index (κ1) is 20.0. The number of nitrogens with zero attached hydrogens (tertiary/aromatic N) is 1. The van der Waals surface area contributed by atoms with Crippen molar-refractivity contribution < 1.29 is 9.21 Å². The van der Waals surface area contributed by atoms with Crippen molar-refractivity contribution in [2.75, 3.05) is 19.6 Å². The molecule has 2 aromatic carbocycles. The third-order valence-electron chi connectivity index (χ3n) is 6.83. The molecule has 3 aromatic rings. The lowest BCUT2D eigenvalue weighted by atomic mass is 9.83. The van der Waals surface area contributed by atoms with Gasteiger partial charge in [-0.15, -0.1) is 0 Å². The molecule has 1 amide bonds. The molecule has 2 fully saturated rings. The number of rotatable bonds is 4. The number of para-hydroxylation sites is 1. The van der Waals surface area contributed by atoms with Gasteiger partial charge in [-0.05, 0) is 74.5 Å². The van der Waals surface area contributed by atoms with Gasteiger partial charge >= 0.3 is 5.63 Å². The zero-order valence-electron chi connectivity index (χ0n) is 17.7. The normalized spacial score (nSPS) is 21.5. The highest BCUT2D eigenvalue weighted by Crippen LogP contribution is 2.30. The minimum Gasteiger partial charge on any atom is -0.422 e. The summed E-state index contributed by atoms with van der Waals surface area (Å²) >= 11 is 0. The van der Waals surface area contributed by atoms with Crippen LogP contribution in [0, 0.1) is 5.92 Å². The van der Waals surface area contributed by atoms with Crippen molar-refractivity contribution in [3.63, 3.8) is 0 Å². The molecule has 2 aliphatic rings. The van der Waals surface area contributed by atoms with Crippen LogP contribution < -0.4 is 10.9 Å². The van der Waals surface area contributed by atoms with Crippen molar-refractivity contribution in [1.82, 2.24) is 10.2 Å². The van der Waals surface area contributed by atoms with Gasteiger partial charge in [0.1, 0.15) is 5.58 Å². The second-order valence-corrected chi connectivity index (χ2v) is 8.78. The Balaban J connectivity index is 1.32. The molecule has 160 valence electrons. The van der Waals surface area contributed by atoms with Gasteiger partial charge in [0.05, 0.1) is 5.56 Å². The third-order valence-corrected chi connectivity index (χ3v) is 6.83. The minimum atomic E-state index is -0.393. The lowest BCUT2D eigenvalue weighted by molar-refractivity contribution is 0.0575. The number of amides is 1. The standard InChI is InChI=1S/C26H28N2O3/c29-25(27-17-21-10-6-14-28-13-4-3-11-23(21)28)20-9-5-8-18(15-20)22-16-19-7-1-2-12-24(19)31-26(22)30/h1-2,5,7-9,12,15-16,21,23H,3-4,6,10-11,13-14,17H2,(H,27,29). The molecule has 2 aliphatic heterocycles. The highest BCUT2D eigenvalue weighted by atomic mass is 16.4. The van der Waals surface area contributed by atoms with Gasteiger partial charge in [-0.1, -0.05) is 36.8 Å². The first-order valence-electron chi connectivity index (χ1n) is 11.3. The Morgan fingerprint density at radius 1 is 1.00 bits per heavy atom. The number of benzene rings is 2. The predicted octanol–water partition coefficient (Wildman–Crippen LogP) is 4.45. The van der Waals surface area contributed by atoms with Crippen LogP contribution in [-0.4, -0.2) is 36.5 Å². The molecular formula is C26H28N2O3. The highest BCUT2D eigenvalue weighted by molar-refractivity contribution is 5.95. The van der Waals surface area contributed by atoms with Gasteiger partial charge in [0.25, 0.3) is 5.91 Å². The average molecular weight is 417 g/mol. The van der Waals surface area contributed by atoms with Gasteiger partial charge in [-0.2, -0.15) is 0 Å². The molecule has 5 rings (SSSR count). The number of hydrogen-bond donors (Lipinski definition) is 1. The molecule has 1 aromatic heterocycles. The minimum absolute atomic E-state index is 0.0834. The van der Waals surface area contributed by atoms with E-state index < -0.39 is 5.63 Å². The largest absolute Gasteiger partial charge is 0.422 e. The topological polar surface area (TPSA) is 62.6 Å². The number of carbonyl (C=O) groups excluding carboxylic acids is 1. The van der Waals surface area contributed by atoms with E-state index >= 15 is 0 Å². The van der Waals surface area contributed by atoms with Crippen molar-refractivity contribution >= 4 is 16.9 Å². The van der Waals surface area contributed by atoms with Crippen molar-refractivity contribution in [1.29, 1.82) is 0 Å².